The first kappa shape index (κ1) is 12.4. The average Bonchev–Trinajstić information content (AvgIpc) is 2.73. The summed E-state index contributed by atoms with van der Waals surface area (Å²) >= 11 is 0. The molecule has 17 heavy (non-hydrogen) atoms. The molecule has 1 aromatic rings. The molecule has 1 unspecified atom stereocenters. The van der Waals surface area contributed by atoms with E-state index < -0.39 is 10.0 Å². The number of hydrogen-bond acceptors (Lipinski definition) is 4. The van der Waals surface area contributed by atoms with Crippen molar-refractivity contribution in [3.63, 3.8) is 0 Å². The molecule has 1 aliphatic heterocycles. The highest BCUT2D eigenvalue weighted by Crippen LogP contribution is 2.29. The van der Waals surface area contributed by atoms with Crippen molar-refractivity contribution < 1.29 is 8.42 Å². The normalized spacial score (nSPS) is 22.2. The molecule has 1 aliphatic rings. The van der Waals surface area contributed by atoms with Crippen LogP contribution in [0.25, 0.3) is 0 Å². The maximum absolute atomic E-state index is 12.4. The number of anilines is 1. The van der Waals surface area contributed by atoms with Gasteiger partial charge in [0.1, 0.15) is 4.90 Å². The van der Waals surface area contributed by atoms with E-state index in [1.165, 1.54) is 8.99 Å². The lowest BCUT2D eigenvalue weighted by Gasteiger charge is -2.15. The first-order chi connectivity index (χ1) is 7.84. The monoisotopic (exact) mass is 258 g/mol. The Morgan fingerprint density at radius 2 is 2.12 bits per heavy atom. The van der Waals surface area contributed by atoms with Gasteiger partial charge < -0.3 is 5.73 Å². The van der Waals surface area contributed by atoms with Gasteiger partial charge in [-0.2, -0.15) is 9.40 Å². The summed E-state index contributed by atoms with van der Waals surface area (Å²) in [4.78, 5) is 0.161. The van der Waals surface area contributed by atoms with E-state index in [9.17, 15) is 8.42 Å². The Morgan fingerprint density at radius 3 is 2.53 bits per heavy atom. The molecule has 0 radical (unpaired) electrons. The standard InChI is InChI=1S/C10H18N4O2S/c1-7-4-5-14(6-7)17(15,16)9-8(2)13(3)12-10(9)11/h7H,4-6H2,1-3H3,(H2,11,12). The van der Waals surface area contributed by atoms with E-state index in [4.69, 9.17) is 5.73 Å². The first-order valence-corrected chi connectivity index (χ1v) is 7.07. The van der Waals surface area contributed by atoms with Crippen LogP contribution in [0, 0.1) is 12.8 Å². The van der Waals surface area contributed by atoms with Gasteiger partial charge in [0.25, 0.3) is 0 Å². The zero-order chi connectivity index (χ0) is 12.8. The number of aromatic nitrogens is 2. The Morgan fingerprint density at radius 1 is 1.47 bits per heavy atom. The predicted octanol–water partition coefficient (Wildman–Crippen LogP) is 0.341. The Balaban J connectivity index is 2.45. The molecule has 96 valence electrons. The maximum Gasteiger partial charge on any atom is 0.248 e. The van der Waals surface area contributed by atoms with Gasteiger partial charge in [0.2, 0.25) is 10.0 Å². The minimum Gasteiger partial charge on any atom is -0.381 e. The van der Waals surface area contributed by atoms with Gasteiger partial charge in [-0.1, -0.05) is 6.92 Å². The molecule has 1 aromatic heterocycles. The van der Waals surface area contributed by atoms with Gasteiger partial charge in [-0.3, -0.25) is 4.68 Å². The quantitative estimate of drug-likeness (QED) is 0.829. The van der Waals surface area contributed by atoms with E-state index in [-0.39, 0.29) is 10.7 Å². The summed E-state index contributed by atoms with van der Waals surface area (Å²) < 4.78 is 27.9. The van der Waals surface area contributed by atoms with Crippen LogP contribution in [-0.2, 0) is 17.1 Å². The van der Waals surface area contributed by atoms with E-state index in [1.807, 2.05) is 0 Å². The molecule has 2 heterocycles. The molecule has 6 nitrogen and oxygen atoms in total. The van der Waals surface area contributed by atoms with Crippen LogP contribution < -0.4 is 5.73 Å². The molecule has 7 heteroatoms. The smallest absolute Gasteiger partial charge is 0.248 e. The van der Waals surface area contributed by atoms with Gasteiger partial charge in [0, 0.05) is 20.1 Å². The van der Waals surface area contributed by atoms with Crippen molar-refractivity contribution in [1.82, 2.24) is 14.1 Å². The van der Waals surface area contributed by atoms with Gasteiger partial charge in [0.15, 0.2) is 5.82 Å². The van der Waals surface area contributed by atoms with Crippen LogP contribution in [0.2, 0.25) is 0 Å². The van der Waals surface area contributed by atoms with Gasteiger partial charge in [-0.15, -0.1) is 0 Å². The van der Waals surface area contributed by atoms with E-state index in [2.05, 4.69) is 12.0 Å². The fourth-order valence-corrected chi connectivity index (χ4v) is 4.04. The van der Waals surface area contributed by atoms with E-state index in [1.54, 1.807) is 14.0 Å². The van der Waals surface area contributed by atoms with Crippen molar-refractivity contribution in [1.29, 1.82) is 0 Å². The van der Waals surface area contributed by atoms with Gasteiger partial charge in [-0.05, 0) is 19.3 Å². The highest BCUT2D eigenvalue weighted by molar-refractivity contribution is 7.89. The number of rotatable bonds is 2. The van der Waals surface area contributed by atoms with Crippen LogP contribution >= 0.6 is 0 Å². The molecule has 1 fully saturated rings. The van der Waals surface area contributed by atoms with Crippen LogP contribution in [0.4, 0.5) is 5.82 Å². The van der Waals surface area contributed by atoms with Crippen molar-refractivity contribution in [2.75, 3.05) is 18.8 Å². The van der Waals surface area contributed by atoms with Crippen molar-refractivity contribution in [2.45, 2.75) is 25.2 Å². The lowest BCUT2D eigenvalue weighted by atomic mass is 10.2. The molecule has 0 aliphatic carbocycles. The van der Waals surface area contributed by atoms with Crippen LogP contribution in [0.15, 0.2) is 4.90 Å². The topological polar surface area (TPSA) is 81.2 Å². The molecule has 1 atom stereocenters. The maximum atomic E-state index is 12.4. The molecule has 0 bridgehead atoms. The zero-order valence-electron chi connectivity index (χ0n) is 10.3. The number of nitrogen functional groups attached to an aromatic ring is 1. The van der Waals surface area contributed by atoms with Crippen LogP contribution in [-0.4, -0.2) is 35.6 Å². The van der Waals surface area contributed by atoms with Gasteiger partial charge >= 0.3 is 0 Å². The third-order valence-corrected chi connectivity index (χ3v) is 5.32. The summed E-state index contributed by atoms with van der Waals surface area (Å²) in [5.74, 6) is 0.493. The Bertz CT molecular complexity index is 535. The number of aryl methyl sites for hydroxylation is 1. The highest BCUT2D eigenvalue weighted by Gasteiger charge is 2.34. The fraction of sp³-hybridized carbons (Fsp3) is 0.700. The van der Waals surface area contributed by atoms with Crippen LogP contribution in [0.5, 0.6) is 0 Å². The summed E-state index contributed by atoms with van der Waals surface area (Å²) in [6.45, 7) is 4.90. The van der Waals surface area contributed by atoms with E-state index in [0.717, 1.165) is 6.42 Å². The highest BCUT2D eigenvalue weighted by atomic mass is 32.2. The second-order valence-electron chi connectivity index (χ2n) is 4.68. The third-order valence-electron chi connectivity index (χ3n) is 3.29. The van der Waals surface area contributed by atoms with Gasteiger partial charge in [-0.25, -0.2) is 8.42 Å². The number of hydrogen-bond donors (Lipinski definition) is 1. The lowest BCUT2D eigenvalue weighted by molar-refractivity contribution is 0.464. The second-order valence-corrected chi connectivity index (χ2v) is 6.56. The molecule has 1 saturated heterocycles. The molecular weight excluding hydrogens is 240 g/mol. The largest absolute Gasteiger partial charge is 0.381 e. The van der Waals surface area contributed by atoms with Crippen molar-refractivity contribution >= 4 is 15.8 Å². The molecule has 0 saturated carbocycles. The summed E-state index contributed by atoms with van der Waals surface area (Å²) in [6.07, 6.45) is 0.901. The molecule has 2 rings (SSSR count). The van der Waals surface area contributed by atoms with Gasteiger partial charge in [0.05, 0.1) is 5.69 Å². The van der Waals surface area contributed by atoms with Crippen molar-refractivity contribution in [3.05, 3.63) is 5.69 Å². The summed E-state index contributed by atoms with van der Waals surface area (Å²) in [5, 5.41) is 3.96. The summed E-state index contributed by atoms with van der Waals surface area (Å²) in [6, 6.07) is 0. The van der Waals surface area contributed by atoms with Crippen molar-refractivity contribution in [3.8, 4) is 0 Å². The number of sulfonamides is 1. The lowest BCUT2D eigenvalue weighted by Crippen LogP contribution is -2.29. The molecular formula is C10H18N4O2S. The minimum atomic E-state index is -3.49. The van der Waals surface area contributed by atoms with E-state index >= 15 is 0 Å². The molecule has 2 N–H and O–H groups in total. The van der Waals surface area contributed by atoms with Crippen LogP contribution in [0.3, 0.4) is 0 Å². The van der Waals surface area contributed by atoms with E-state index in [0.29, 0.717) is 24.7 Å². The Hall–Kier alpha value is -1.08. The zero-order valence-corrected chi connectivity index (χ0v) is 11.2. The fourth-order valence-electron chi connectivity index (χ4n) is 2.18. The average molecular weight is 258 g/mol. The Kier molecular flexibility index (Phi) is 2.90. The Labute approximate surface area is 101 Å². The second kappa shape index (κ2) is 3.99. The van der Waals surface area contributed by atoms with Crippen molar-refractivity contribution in [2.24, 2.45) is 13.0 Å². The third kappa shape index (κ3) is 1.93. The molecule has 0 amide bonds. The summed E-state index contributed by atoms with van der Waals surface area (Å²) in [7, 11) is -1.80. The molecule has 0 aromatic carbocycles. The SMILES string of the molecule is Cc1c(S(=O)(=O)N2CCC(C)C2)c(N)nn1C. The minimum absolute atomic E-state index is 0.0875. The first-order valence-electron chi connectivity index (χ1n) is 5.63. The number of nitrogens with two attached hydrogens (primary N) is 1. The van der Waals surface area contributed by atoms with Crippen LogP contribution in [0.1, 0.15) is 19.0 Å². The summed E-state index contributed by atoms with van der Waals surface area (Å²) in [5.41, 5.74) is 6.28. The number of nitrogens with zero attached hydrogens (tertiary/aromatic N) is 3. The predicted molar refractivity (Wildman–Crippen MR) is 64.9 cm³/mol. The molecule has 0 spiro atoms.